The van der Waals surface area contributed by atoms with E-state index in [4.69, 9.17) is 37.0 Å². The Bertz CT molecular complexity index is 1870. The summed E-state index contributed by atoms with van der Waals surface area (Å²) < 4.78 is 68.6. The molecule has 0 bridgehead atoms. The summed E-state index contributed by atoms with van der Waals surface area (Å²) in [5.41, 5.74) is 0. The molecule has 576 valence electrons. The molecule has 0 aromatic heterocycles. The van der Waals surface area contributed by atoms with E-state index in [1.807, 2.05) is 0 Å². The van der Waals surface area contributed by atoms with E-state index in [1.54, 1.807) is 0 Å². The molecule has 2 unspecified atom stereocenters. The van der Waals surface area contributed by atoms with Crippen molar-refractivity contribution < 1.29 is 80.2 Å². The van der Waals surface area contributed by atoms with Crippen LogP contribution in [0.25, 0.3) is 0 Å². The van der Waals surface area contributed by atoms with Crippen LogP contribution < -0.4 is 0 Å². The van der Waals surface area contributed by atoms with Crippen LogP contribution in [0.15, 0.2) is 0 Å². The molecule has 17 nitrogen and oxygen atoms in total. The molecule has 0 aromatic carbocycles. The molecule has 0 rings (SSSR count). The first-order chi connectivity index (χ1) is 46.9. The number of hydrogen-bond acceptors (Lipinski definition) is 15. The van der Waals surface area contributed by atoms with Gasteiger partial charge in [-0.3, -0.25) is 37.3 Å². The molecule has 0 fully saturated rings. The summed E-state index contributed by atoms with van der Waals surface area (Å²) in [5.74, 6) is -0.544. The average molecular weight is 1420 g/mol. The molecular formula is C78H152O17P2. The standard InChI is InChI=1S/C78H152O17P2/c1-7-9-11-13-15-17-18-19-20-21-22-25-32-38-44-50-56-62-77(82)95-74(67-89-76(81)61-55-49-43-37-31-26-23-24-29-35-40-46-52-58-70(3)4)69-93-97(86,87)91-65-72(79)64-90-96(84,85)92-68-73(66-88-75(80)60-54-48-42-34-16-14-12-10-8-2)94-78(83)63-57-51-45-39-33-28-27-30-36-41-47-53-59-71(5)6/h70-74,79H,7-69H2,1-6H3,(H,84,85)(H,86,87)/t72-,73+,74+/m0/s1. The number of aliphatic hydroxyl groups is 1. The summed E-state index contributed by atoms with van der Waals surface area (Å²) >= 11 is 0. The molecule has 0 aliphatic heterocycles. The maximum atomic E-state index is 13.1. The van der Waals surface area contributed by atoms with E-state index in [0.717, 1.165) is 102 Å². The normalized spacial score (nSPS) is 14.0. The quantitative estimate of drug-likeness (QED) is 0.0222. The zero-order valence-corrected chi connectivity index (χ0v) is 65.2. The fourth-order valence-electron chi connectivity index (χ4n) is 12.0. The van der Waals surface area contributed by atoms with E-state index < -0.39 is 97.5 Å². The highest BCUT2D eigenvalue weighted by molar-refractivity contribution is 7.47. The Kier molecular flexibility index (Phi) is 68.4. The first kappa shape index (κ1) is 95.1. The number of esters is 4. The third-order valence-electron chi connectivity index (χ3n) is 18.2. The van der Waals surface area contributed by atoms with Crippen molar-refractivity contribution in [3.8, 4) is 0 Å². The highest BCUT2D eigenvalue weighted by Gasteiger charge is 2.30. The van der Waals surface area contributed by atoms with Crippen LogP contribution in [-0.4, -0.2) is 96.7 Å². The summed E-state index contributed by atoms with van der Waals surface area (Å²) in [7, 11) is -9.91. The van der Waals surface area contributed by atoms with E-state index in [-0.39, 0.29) is 25.7 Å². The topological polar surface area (TPSA) is 237 Å². The van der Waals surface area contributed by atoms with Crippen LogP contribution in [0.4, 0.5) is 0 Å². The van der Waals surface area contributed by atoms with Gasteiger partial charge < -0.3 is 33.8 Å². The minimum absolute atomic E-state index is 0.107. The average Bonchev–Trinajstić information content (AvgIpc) is 1.06. The molecule has 0 aliphatic rings. The van der Waals surface area contributed by atoms with Gasteiger partial charge in [0.05, 0.1) is 26.4 Å². The van der Waals surface area contributed by atoms with Crippen LogP contribution in [0.3, 0.4) is 0 Å². The van der Waals surface area contributed by atoms with Gasteiger partial charge in [-0.15, -0.1) is 0 Å². The third-order valence-corrected chi connectivity index (χ3v) is 20.1. The van der Waals surface area contributed by atoms with Crippen molar-refractivity contribution in [3.63, 3.8) is 0 Å². The number of aliphatic hydroxyl groups excluding tert-OH is 1. The number of phosphoric acid groups is 2. The van der Waals surface area contributed by atoms with Gasteiger partial charge in [0, 0.05) is 25.7 Å². The molecule has 0 saturated carbocycles. The predicted octanol–water partition coefficient (Wildman–Crippen LogP) is 23.1. The van der Waals surface area contributed by atoms with Gasteiger partial charge in [-0.05, 0) is 37.5 Å². The zero-order valence-electron chi connectivity index (χ0n) is 63.4. The molecular weight excluding hydrogens is 1270 g/mol. The van der Waals surface area contributed by atoms with Gasteiger partial charge in [-0.25, -0.2) is 9.13 Å². The molecule has 0 aliphatic carbocycles. The number of phosphoric ester groups is 2. The monoisotopic (exact) mass is 1420 g/mol. The van der Waals surface area contributed by atoms with Crippen LogP contribution in [0.2, 0.25) is 0 Å². The maximum Gasteiger partial charge on any atom is 0.472 e. The Morgan fingerprint density at radius 2 is 0.474 bits per heavy atom. The van der Waals surface area contributed by atoms with Crippen LogP contribution in [0.1, 0.15) is 408 Å². The number of carbonyl (C=O) groups excluding carboxylic acids is 4. The Morgan fingerprint density at radius 1 is 0.278 bits per heavy atom. The van der Waals surface area contributed by atoms with Crippen molar-refractivity contribution in [2.45, 2.75) is 426 Å². The van der Waals surface area contributed by atoms with Gasteiger partial charge in [0.1, 0.15) is 19.3 Å². The van der Waals surface area contributed by atoms with Crippen LogP contribution in [0.5, 0.6) is 0 Å². The van der Waals surface area contributed by atoms with E-state index in [9.17, 15) is 43.2 Å². The smallest absolute Gasteiger partial charge is 0.462 e. The zero-order chi connectivity index (χ0) is 71.4. The van der Waals surface area contributed by atoms with Gasteiger partial charge in [-0.1, -0.05) is 356 Å². The highest BCUT2D eigenvalue weighted by Crippen LogP contribution is 2.45. The second kappa shape index (κ2) is 69.8. The van der Waals surface area contributed by atoms with E-state index in [0.29, 0.717) is 25.7 Å². The van der Waals surface area contributed by atoms with Crippen LogP contribution >= 0.6 is 15.6 Å². The largest absolute Gasteiger partial charge is 0.472 e. The summed E-state index contributed by atoms with van der Waals surface area (Å²) in [4.78, 5) is 72.9. The molecule has 0 aromatic rings. The number of hydrogen-bond donors (Lipinski definition) is 3. The van der Waals surface area contributed by atoms with Crippen molar-refractivity contribution in [1.29, 1.82) is 0 Å². The van der Waals surface area contributed by atoms with Crippen LogP contribution in [0, 0.1) is 11.8 Å². The van der Waals surface area contributed by atoms with Crippen molar-refractivity contribution >= 4 is 39.5 Å². The lowest BCUT2D eigenvalue weighted by Gasteiger charge is -2.21. The lowest BCUT2D eigenvalue weighted by atomic mass is 10.0. The SMILES string of the molecule is CCCCCCCCCCCCCCCCCCCC(=O)O[C@H](COC(=O)CCCCCCCCCCCCCCCC(C)C)COP(=O)(O)OC[C@@H](O)COP(=O)(O)OC[C@@H](COC(=O)CCCCCCCCCCC)OC(=O)CCCCCCCCCCCCCCC(C)C. The van der Waals surface area contributed by atoms with Crippen molar-refractivity contribution in [2.24, 2.45) is 11.8 Å². The second-order valence-corrected chi connectivity index (χ2v) is 32.0. The van der Waals surface area contributed by atoms with Gasteiger partial charge in [0.25, 0.3) is 0 Å². The van der Waals surface area contributed by atoms with Gasteiger partial charge >= 0.3 is 39.5 Å². The first-order valence-electron chi connectivity index (χ1n) is 40.5. The van der Waals surface area contributed by atoms with Crippen molar-refractivity contribution in [2.75, 3.05) is 39.6 Å². The Labute approximate surface area is 594 Å². The number of rotatable bonds is 77. The van der Waals surface area contributed by atoms with Crippen molar-refractivity contribution in [1.82, 2.24) is 0 Å². The minimum atomic E-state index is -4.96. The number of carbonyl (C=O) groups is 4. The molecule has 0 radical (unpaired) electrons. The second-order valence-electron chi connectivity index (χ2n) is 29.1. The molecule has 3 N–H and O–H groups in total. The van der Waals surface area contributed by atoms with Crippen LogP contribution in [-0.2, 0) is 65.4 Å². The molecule has 19 heteroatoms. The molecule has 0 spiro atoms. The molecule has 5 atom stereocenters. The molecule has 0 amide bonds. The van der Waals surface area contributed by atoms with E-state index in [2.05, 4.69) is 41.5 Å². The van der Waals surface area contributed by atoms with Gasteiger partial charge in [-0.2, -0.15) is 0 Å². The fraction of sp³-hybridized carbons (Fsp3) is 0.949. The number of unbranched alkanes of at least 4 members (excludes halogenated alkanes) is 47. The van der Waals surface area contributed by atoms with Gasteiger partial charge in [0.15, 0.2) is 12.2 Å². The third kappa shape index (κ3) is 72.2. The molecule has 0 heterocycles. The summed E-state index contributed by atoms with van der Waals surface area (Å²) in [5, 5.41) is 10.6. The Morgan fingerprint density at radius 3 is 0.701 bits per heavy atom. The van der Waals surface area contributed by atoms with E-state index in [1.165, 1.54) is 225 Å². The lowest BCUT2D eigenvalue weighted by Crippen LogP contribution is -2.30. The summed E-state index contributed by atoms with van der Waals surface area (Å²) in [6, 6.07) is 0. The highest BCUT2D eigenvalue weighted by atomic mass is 31.2. The molecule has 97 heavy (non-hydrogen) atoms. The lowest BCUT2D eigenvalue weighted by molar-refractivity contribution is -0.161. The predicted molar refractivity (Wildman–Crippen MR) is 395 cm³/mol. The van der Waals surface area contributed by atoms with Crippen molar-refractivity contribution in [3.05, 3.63) is 0 Å². The first-order valence-corrected chi connectivity index (χ1v) is 43.5. The Balaban J connectivity index is 5.23. The van der Waals surface area contributed by atoms with Gasteiger partial charge in [0.2, 0.25) is 0 Å². The molecule has 0 saturated heterocycles. The summed E-state index contributed by atoms with van der Waals surface area (Å²) in [6.07, 6.45) is 58.2. The van der Waals surface area contributed by atoms with E-state index >= 15 is 0 Å². The fourth-order valence-corrected chi connectivity index (χ4v) is 13.6. The Hall–Kier alpha value is -1.94. The summed E-state index contributed by atoms with van der Waals surface area (Å²) in [6.45, 7) is 9.63. The number of ether oxygens (including phenoxy) is 4. The maximum absolute atomic E-state index is 13.1. The minimum Gasteiger partial charge on any atom is -0.462 e.